The smallest absolute Gasteiger partial charge is 0.282 e. The van der Waals surface area contributed by atoms with Gasteiger partial charge in [0.15, 0.2) is 11.5 Å². The SMILES string of the molecule is COc1cc(C=Nn2c(C(C)C)nc3ccc(Br)cc3c2=O)ccc1OCc1ccccc1C#N. The molecule has 176 valence electrons. The summed E-state index contributed by atoms with van der Waals surface area (Å²) in [6.07, 6.45) is 1.59. The highest BCUT2D eigenvalue weighted by Crippen LogP contribution is 2.29. The average Bonchev–Trinajstić information content (AvgIpc) is 2.87. The lowest BCUT2D eigenvalue weighted by Gasteiger charge is -2.13. The Kier molecular flexibility index (Phi) is 7.28. The Morgan fingerprint density at radius 2 is 1.94 bits per heavy atom. The van der Waals surface area contributed by atoms with Crippen LogP contribution in [-0.2, 0) is 6.61 Å². The number of aromatic nitrogens is 2. The minimum atomic E-state index is -0.237. The molecule has 0 spiro atoms. The van der Waals surface area contributed by atoms with Gasteiger partial charge in [0.25, 0.3) is 5.56 Å². The van der Waals surface area contributed by atoms with E-state index in [0.29, 0.717) is 33.8 Å². The van der Waals surface area contributed by atoms with Gasteiger partial charge in [-0.15, -0.1) is 0 Å². The van der Waals surface area contributed by atoms with E-state index in [9.17, 15) is 10.1 Å². The maximum Gasteiger partial charge on any atom is 0.282 e. The molecule has 3 aromatic carbocycles. The number of methoxy groups -OCH3 is 1. The Morgan fingerprint density at radius 1 is 1.14 bits per heavy atom. The van der Waals surface area contributed by atoms with Gasteiger partial charge < -0.3 is 9.47 Å². The third-order valence-corrected chi connectivity index (χ3v) is 5.87. The number of nitrogens with zero attached hydrogens (tertiary/aromatic N) is 4. The molecule has 1 aromatic heterocycles. The molecule has 0 fully saturated rings. The van der Waals surface area contributed by atoms with Gasteiger partial charge >= 0.3 is 0 Å². The molecule has 7 nitrogen and oxygen atoms in total. The van der Waals surface area contributed by atoms with E-state index in [1.54, 1.807) is 37.6 Å². The molecule has 1 heterocycles. The van der Waals surface area contributed by atoms with E-state index in [0.717, 1.165) is 15.6 Å². The van der Waals surface area contributed by atoms with E-state index in [2.05, 4.69) is 32.1 Å². The summed E-state index contributed by atoms with van der Waals surface area (Å²) in [4.78, 5) is 17.9. The number of ether oxygens (including phenoxy) is 2. The van der Waals surface area contributed by atoms with Crippen LogP contribution in [0.1, 0.15) is 42.3 Å². The summed E-state index contributed by atoms with van der Waals surface area (Å²) >= 11 is 3.42. The van der Waals surface area contributed by atoms with Gasteiger partial charge in [-0.1, -0.05) is 48.0 Å². The summed E-state index contributed by atoms with van der Waals surface area (Å²) in [6, 6.07) is 20.3. The number of fused-ring (bicyclic) bond motifs is 1. The van der Waals surface area contributed by atoms with Crippen molar-refractivity contribution in [2.75, 3.05) is 7.11 Å². The van der Waals surface area contributed by atoms with Gasteiger partial charge in [0, 0.05) is 16.0 Å². The summed E-state index contributed by atoms with van der Waals surface area (Å²) in [5.41, 5.74) is 2.48. The fraction of sp³-hybridized carbons (Fsp3) is 0.185. The van der Waals surface area contributed by atoms with Crippen molar-refractivity contribution in [1.82, 2.24) is 9.66 Å². The lowest BCUT2D eigenvalue weighted by molar-refractivity contribution is 0.284. The maximum absolute atomic E-state index is 13.2. The average molecular weight is 531 g/mol. The van der Waals surface area contributed by atoms with Gasteiger partial charge in [-0.25, -0.2) is 4.98 Å². The summed E-state index contributed by atoms with van der Waals surface area (Å²) < 4.78 is 13.6. The number of rotatable bonds is 7. The summed E-state index contributed by atoms with van der Waals surface area (Å²) in [7, 11) is 1.55. The molecule has 0 bridgehead atoms. The Labute approximate surface area is 211 Å². The molecule has 8 heteroatoms. The third-order valence-electron chi connectivity index (χ3n) is 5.38. The van der Waals surface area contributed by atoms with E-state index in [1.807, 2.05) is 50.2 Å². The van der Waals surface area contributed by atoms with Gasteiger partial charge in [0.2, 0.25) is 0 Å². The number of hydrogen-bond acceptors (Lipinski definition) is 6. The molecule has 35 heavy (non-hydrogen) atoms. The monoisotopic (exact) mass is 530 g/mol. The highest BCUT2D eigenvalue weighted by Gasteiger charge is 2.14. The predicted octanol–water partition coefficient (Wildman–Crippen LogP) is 5.62. The van der Waals surface area contributed by atoms with Gasteiger partial charge in [0.05, 0.1) is 35.9 Å². The van der Waals surface area contributed by atoms with Crippen molar-refractivity contribution in [3.63, 3.8) is 0 Å². The minimum Gasteiger partial charge on any atom is -0.493 e. The minimum absolute atomic E-state index is 0.00510. The van der Waals surface area contributed by atoms with E-state index in [1.165, 1.54) is 4.68 Å². The second-order valence-electron chi connectivity index (χ2n) is 8.12. The van der Waals surface area contributed by atoms with Crippen molar-refractivity contribution in [2.24, 2.45) is 5.10 Å². The van der Waals surface area contributed by atoms with Crippen LogP contribution in [0.25, 0.3) is 10.9 Å². The molecular weight excluding hydrogens is 508 g/mol. The fourth-order valence-electron chi connectivity index (χ4n) is 3.57. The van der Waals surface area contributed by atoms with Crippen LogP contribution in [0.5, 0.6) is 11.5 Å². The van der Waals surface area contributed by atoms with Crippen LogP contribution in [0.3, 0.4) is 0 Å². The molecule has 0 N–H and O–H groups in total. The Bertz CT molecular complexity index is 1520. The zero-order chi connectivity index (χ0) is 24.9. The molecule has 4 rings (SSSR count). The highest BCUT2D eigenvalue weighted by molar-refractivity contribution is 9.10. The van der Waals surface area contributed by atoms with E-state index in [4.69, 9.17) is 9.47 Å². The number of benzene rings is 3. The first-order valence-electron chi connectivity index (χ1n) is 11.0. The van der Waals surface area contributed by atoms with Crippen LogP contribution in [0, 0.1) is 11.3 Å². The van der Waals surface area contributed by atoms with Crippen molar-refractivity contribution in [3.05, 3.63) is 98.0 Å². The zero-order valence-electron chi connectivity index (χ0n) is 19.5. The van der Waals surface area contributed by atoms with E-state index in [-0.39, 0.29) is 18.1 Å². The van der Waals surface area contributed by atoms with Crippen molar-refractivity contribution >= 4 is 33.0 Å². The summed E-state index contributed by atoms with van der Waals surface area (Å²) in [5.74, 6) is 1.62. The largest absolute Gasteiger partial charge is 0.493 e. The standard InChI is InChI=1S/C27H23BrN4O3/c1-17(2)26-31-23-10-9-21(28)13-22(23)27(33)32(26)30-15-18-8-11-24(25(12-18)34-3)35-16-20-7-5-4-6-19(20)14-29/h4-13,15,17H,16H2,1-3H3. The fourth-order valence-corrected chi connectivity index (χ4v) is 3.93. The normalized spacial score (nSPS) is 11.2. The Morgan fingerprint density at radius 3 is 2.69 bits per heavy atom. The van der Waals surface area contributed by atoms with Gasteiger partial charge in [0.1, 0.15) is 12.4 Å². The van der Waals surface area contributed by atoms with Gasteiger partial charge in [-0.2, -0.15) is 15.0 Å². The summed E-state index contributed by atoms with van der Waals surface area (Å²) in [6.45, 7) is 4.18. The predicted molar refractivity (Wildman–Crippen MR) is 139 cm³/mol. The first-order valence-corrected chi connectivity index (χ1v) is 11.8. The van der Waals surface area contributed by atoms with Crippen molar-refractivity contribution in [1.29, 1.82) is 5.26 Å². The van der Waals surface area contributed by atoms with Gasteiger partial charge in [-0.3, -0.25) is 4.79 Å². The second kappa shape index (κ2) is 10.5. The molecule has 0 aliphatic carbocycles. The highest BCUT2D eigenvalue weighted by atomic mass is 79.9. The third kappa shape index (κ3) is 5.26. The summed E-state index contributed by atoms with van der Waals surface area (Å²) in [5, 5.41) is 14.2. The van der Waals surface area contributed by atoms with Crippen LogP contribution < -0.4 is 15.0 Å². The van der Waals surface area contributed by atoms with E-state index < -0.39 is 0 Å². The van der Waals surface area contributed by atoms with Crippen LogP contribution >= 0.6 is 15.9 Å². The number of hydrogen-bond donors (Lipinski definition) is 0. The Hall–Kier alpha value is -3.96. The lowest BCUT2D eigenvalue weighted by atomic mass is 10.1. The van der Waals surface area contributed by atoms with Crippen molar-refractivity contribution < 1.29 is 9.47 Å². The molecule has 0 amide bonds. The maximum atomic E-state index is 13.2. The molecule has 0 radical (unpaired) electrons. The van der Waals surface area contributed by atoms with Crippen molar-refractivity contribution in [3.8, 4) is 17.6 Å². The van der Waals surface area contributed by atoms with E-state index >= 15 is 0 Å². The molecule has 0 aliphatic heterocycles. The van der Waals surface area contributed by atoms with Crippen molar-refractivity contribution in [2.45, 2.75) is 26.4 Å². The number of nitriles is 1. The molecule has 0 aliphatic rings. The first kappa shape index (κ1) is 24.2. The van der Waals surface area contributed by atoms with Crippen LogP contribution in [-0.4, -0.2) is 23.0 Å². The molecule has 4 aromatic rings. The molecule has 0 saturated carbocycles. The zero-order valence-corrected chi connectivity index (χ0v) is 21.1. The van der Waals surface area contributed by atoms with Crippen LogP contribution in [0.15, 0.2) is 75.0 Å². The second-order valence-corrected chi connectivity index (χ2v) is 9.03. The first-order chi connectivity index (χ1) is 16.9. The molecule has 0 atom stereocenters. The van der Waals surface area contributed by atoms with Crippen LogP contribution in [0.4, 0.5) is 0 Å². The molecular formula is C27H23BrN4O3. The van der Waals surface area contributed by atoms with Crippen LogP contribution in [0.2, 0.25) is 0 Å². The molecule has 0 saturated heterocycles. The molecule has 0 unspecified atom stereocenters. The number of halogens is 1. The Balaban J connectivity index is 1.64. The topological polar surface area (TPSA) is 89.5 Å². The lowest BCUT2D eigenvalue weighted by Crippen LogP contribution is -2.23. The quantitative estimate of drug-likeness (QED) is 0.289. The van der Waals surface area contributed by atoms with Gasteiger partial charge in [-0.05, 0) is 48.0 Å².